The van der Waals surface area contributed by atoms with Crippen LogP contribution in [0.1, 0.15) is 38.1 Å². The van der Waals surface area contributed by atoms with E-state index in [0.29, 0.717) is 18.7 Å². The molecule has 7 nitrogen and oxygen atoms in total. The van der Waals surface area contributed by atoms with Crippen LogP contribution in [-0.2, 0) is 11.8 Å². The zero-order chi connectivity index (χ0) is 18.5. The first-order valence-corrected chi connectivity index (χ1v) is 7.88. The minimum absolute atomic E-state index is 0.0546. The lowest BCUT2D eigenvalue weighted by molar-refractivity contribution is 0.0277. The van der Waals surface area contributed by atoms with Crippen LogP contribution < -0.4 is 10.9 Å². The van der Waals surface area contributed by atoms with Crippen molar-refractivity contribution in [3.63, 3.8) is 0 Å². The molecular weight excluding hydrogens is 310 g/mol. The van der Waals surface area contributed by atoms with Crippen LogP contribution >= 0.6 is 0 Å². The Bertz CT molecular complexity index is 646. The first kappa shape index (κ1) is 19.7. The van der Waals surface area contributed by atoms with Crippen molar-refractivity contribution in [3.8, 4) is 0 Å². The van der Waals surface area contributed by atoms with Crippen molar-refractivity contribution >= 4 is 12.0 Å². The third-order valence-electron chi connectivity index (χ3n) is 3.25. The number of carbonyl (C=O) groups excluding carboxylic acids is 2. The minimum atomic E-state index is -0.536. The predicted octanol–water partition coefficient (Wildman–Crippen LogP) is 1.62. The number of amides is 2. The van der Waals surface area contributed by atoms with Gasteiger partial charge in [0.05, 0.1) is 5.56 Å². The van der Waals surface area contributed by atoms with Crippen molar-refractivity contribution in [2.24, 2.45) is 13.0 Å². The molecule has 0 unspecified atom stereocenters. The molecule has 7 heteroatoms. The molecular formula is C17H27N3O4. The number of carbonyl (C=O) groups is 2. The number of pyridine rings is 1. The first-order valence-electron chi connectivity index (χ1n) is 7.88. The first-order chi connectivity index (χ1) is 11.0. The Labute approximate surface area is 142 Å². The molecule has 1 rings (SSSR count). The molecule has 2 amide bonds. The fraction of sp³-hybridized carbons (Fsp3) is 0.588. The van der Waals surface area contributed by atoms with E-state index in [2.05, 4.69) is 5.32 Å². The Hall–Kier alpha value is -2.31. The van der Waals surface area contributed by atoms with Crippen molar-refractivity contribution in [1.29, 1.82) is 0 Å². The molecule has 1 aromatic heterocycles. The highest BCUT2D eigenvalue weighted by molar-refractivity contribution is 5.93. The summed E-state index contributed by atoms with van der Waals surface area (Å²) >= 11 is 0. The number of nitrogens with one attached hydrogen (secondary N) is 1. The second kappa shape index (κ2) is 7.99. The summed E-state index contributed by atoms with van der Waals surface area (Å²) in [5, 5.41) is 2.80. The fourth-order valence-electron chi connectivity index (χ4n) is 2.04. The number of rotatable bonds is 5. The molecule has 24 heavy (non-hydrogen) atoms. The van der Waals surface area contributed by atoms with Gasteiger partial charge in [-0.25, -0.2) is 4.79 Å². The van der Waals surface area contributed by atoms with Gasteiger partial charge in [-0.3, -0.25) is 9.59 Å². The summed E-state index contributed by atoms with van der Waals surface area (Å²) in [4.78, 5) is 36.8. The molecule has 0 spiro atoms. The van der Waals surface area contributed by atoms with E-state index in [9.17, 15) is 14.4 Å². The summed E-state index contributed by atoms with van der Waals surface area (Å²) in [5.74, 6) is -0.198. The number of aryl methyl sites for hydroxylation is 1. The topological polar surface area (TPSA) is 80.6 Å². The zero-order valence-corrected chi connectivity index (χ0v) is 15.3. The molecule has 0 aliphatic heterocycles. The van der Waals surface area contributed by atoms with Gasteiger partial charge >= 0.3 is 6.09 Å². The third-order valence-corrected chi connectivity index (χ3v) is 3.25. The van der Waals surface area contributed by atoms with Gasteiger partial charge in [-0.05, 0) is 32.8 Å². The summed E-state index contributed by atoms with van der Waals surface area (Å²) in [5.41, 5.74) is -0.282. The standard InChI is InChI=1S/C17H27N3O4/c1-12(10-20(6)16(23)24-17(2,3)4)9-18-15(22)13-7-8-14(21)19(5)11-13/h7-8,11-12H,9-10H2,1-6H3,(H,18,22)/t12-/m0/s1. The van der Waals surface area contributed by atoms with Crippen LogP contribution in [-0.4, -0.2) is 47.2 Å². The molecule has 0 aliphatic carbocycles. The lowest BCUT2D eigenvalue weighted by Crippen LogP contribution is -2.39. The van der Waals surface area contributed by atoms with Crippen LogP contribution in [0.15, 0.2) is 23.1 Å². The quantitative estimate of drug-likeness (QED) is 0.885. The SMILES string of the molecule is C[C@@H](CNC(=O)c1ccc(=O)n(C)c1)CN(C)C(=O)OC(C)(C)C. The van der Waals surface area contributed by atoms with Crippen LogP contribution in [0.5, 0.6) is 0 Å². The molecule has 134 valence electrons. The number of hydrogen-bond donors (Lipinski definition) is 1. The smallest absolute Gasteiger partial charge is 0.410 e. The predicted molar refractivity (Wildman–Crippen MR) is 92.0 cm³/mol. The molecule has 1 atom stereocenters. The largest absolute Gasteiger partial charge is 0.444 e. The van der Waals surface area contributed by atoms with Gasteiger partial charge in [0, 0.05) is 39.4 Å². The Morgan fingerprint density at radius 1 is 1.33 bits per heavy atom. The molecule has 0 aliphatic rings. The van der Waals surface area contributed by atoms with E-state index < -0.39 is 11.7 Å². The van der Waals surface area contributed by atoms with Gasteiger partial charge in [-0.2, -0.15) is 0 Å². The average Bonchev–Trinajstić information content (AvgIpc) is 2.45. The van der Waals surface area contributed by atoms with Crippen LogP contribution in [0.25, 0.3) is 0 Å². The van der Waals surface area contributed by atoms with E-state index in [4.69, 9.17) is 4.74 Å². The lowest BCUT2D eigenvalue weighted by atomic mass is 10.1. The molecule has 0 fully saturated rings. The summed E-state index contributed by atoms with van der Waals surface area (Å²) < 4.78 is 6.64. The summed E-state index contributed by atoms with van der Waals surface area (Å²) in [6, 6.07) is 2.85. The Morgan fingerprint density at radius 2 is 1.96 bits per heavy atom. The average molecular weight is 337 g/mol. The number of ether oxygens (including phenoxy) is 1. The highest BCUT2D eigenvalue weighted by Gasteiger charge is 2.21. The summed E-state index contributed by atoms with van der Waals surface area (Å²) in [6.07, 6.45) is 1.11. The van der Waals surface area contributed by atoms with Crippen molar-refractivity contribution < 1.29 is 14.3 Å². The van der Waals surface area contributed by atoms with Crippen molar-refractivity contribution in [1.82, 2.24) is 14.8 Å². The van der Waals surface area contributed by atoms with Crippen LogP contribution in [0, 0.1) is 5.92 Å². The van der Waals surface area contributed by atoms with Gasteiger partial charge in [0.2, 0.25) is 5.56 Å². The van der Waals surface area contributed by atoms with Crippen LogP contribution in [0.2, 0.25) is 0 Å². The number of aromatic nitrogens is 1. The zero-order valence-electron chi connectivity index (χ0n) is 15.3. The van der Waals surface area contributed by atoms with Gasteiger partial charge < -0.3 is 19.5 Å². The minimum Gasteiger partial charge on any atom is -0.444 e. The van der Waals surface area contributed by atoms with Crippen molar-refractivity contribution in [2.45, 2.75) is 33.3 Å². The molecule has 1 heterocycles. The van der Waals surface area contributed by atoms with Gasteiger partial charge in [-0.15, -0.1) is 0 Å². The van der Waals surface area contributed by atoms with E-state index >= 15 is 0 Å². The van der Waals surface area contributed by atoms with E-state index in [1.54, 1.807) is 14.1 Å². The third kappa shape index (κ3) is 6.44. The second-order valence-electron chi connectivity index (χ2n) is 7.04. The monoisotopic (exact) mass is 337 g/mol. The Kier molecular flexibility index (Phi) is 6.57. The van der Waals surface area contributed by atoms with E-state index in [-0.39, 0.29) is 17.4 Å². The summed E-state index contributed by atoms with van der Waals surface area (Å²) in [6.45, 7) is 8.25. The van der Waals surface area contributed by atoms with Gasteiger partial charge in [0.1, 0.15) is 5.60 Å². The molecule has 0 saturated carbocycles. The molecule has 0 aromatic carbocycles. The van der Waals surface area contributed by atoms with Gasteiger partial charge in [0.25, 0.3) is 5.91 Å². The molecule has 1 aromatic rings. The Morgan fingerprint density at radius 3 is 2.50 bits per heavy atom. The number of hydrogen-bond acceptors (Lipinski definition) is 4. The van der Waals surface area contributed by atoms with Crippen molar-refractivity contribution in [2.75, 3.05) is 20.1 Å². The van der Waals surface area contributed by atoms with Crippen LogP contribution in [0.4, 0.5) is 4.79 Å². The van der Waals surface area contributed by atoms with Gasteiger partial charge in [-0.1, -0.05) is 6.92 Å². The molecule has 0 bridgehead atoms. The Balaban J connectivity index is 2.49. The molecule has 0 saturated heterocycles. The van der Waals surface area contributed by atoms with Crippen molar-refractivity contribution in [3.05, 3.63) is 34.2 Å². The molecule has 1 N–H and O–H groups in total. The maximum absolute atomic E-state index is 12.1. The molecule has 0 radical (unpaired) electrons. The van der Waals surface area contributed by atoms with E-state index in [1.807, 2.05) is 27.7 Å². The van der Waals surface area contributed by atoms with E-state index in [0.717, 1.165) is 0 Å². The second-order valence-corrected chi connectivity index (χ2v) is 7.04. The normalized spacial score (nSPS) is 12.4. The maximum atomic E-state index is 12.1. The van der Waals surface area contributed by atoms with E-state index in [1.165, 1.54) is 27.8 Å². The number of nitrogens with zero attached hydrogens (tertiary/aromatic N) is 2. The highest BCUT2D eigenvalue weighted by Crippen LogP contribution is 2.10. The maximum Gasteiger partial charge on any atom is 0.410 e. The van der Waals surface area contributed by atoms with Gasteiger partial charge in [0.15, 0.2) is 0 Å². The summed E-state index contributed by atoms with van der Waals surface area (Å²) in [7, 11) is 3.26. The van der Waals surface area contributed by atoms with Crippen LogP contribution in [0.3, 0.4) is 0 Å². The fourth-order valence-corrected chi connectivity index (χ4v) is 2.04. The highest BCUT2D eigenvalue weighted by atomic mass is 16.6. The lowest BCUT2D eigenvalue weighted by Gasteiger charge is -2.26.